The molecule has 0 aliphatic carbocycles. The second-order valence-corrected chi connectivity index (χ2v) is 4.46. The molecule has 0 amide bonds. The first kappa shape index (κ1) is 14.9. The van der Waals surface area contributed by atoms with Gasteiger partial charge in [0.1, 0.15) is 11.5 Å². The Kier molecular flexibility index (Phi) is 4.45. The van der Waals surface area contributed by atoms with E-state index in [1.165, 1.54) is 7.11 Å². The van der Waals surface area contributed by atoms with Crippen LogP contribution in [0.2, 0.25) is 0 Å². The van der Waals surface area contributed by atoms with Gasteiger partial charge in [-0.3, -0.25) is 0 Å². The molecule has 5 nitrogen and oxygen atoms in total. The van der Waals surface area contributed by atoms with Gasteiger partial charge in [0, 0.05) is 18.2 Å². The Balaban J connectivity index is 2.63. The molecule has 2 rings (SSSR count). The number of nitrogens with two attached hydrogens (primary N) is 1. The highest BCUT2D eigenvalue weighted by Gasteiger charge is 2.16. The molecule has 0 unspecified atom stereocenters. The summed E-state index contributed by atoms with van der Waals surface area (Å²) in [4.78, 5) is 11.5. The average molecular weight is 287 g/mol. The summed E-state index contributed by atoms with van der Waals surface area (Å²) in [5.41, 5.74) is 7.81. The number of carboxylic acids is 1. The Labute approximate surface area is 122 Å². The molecule has 2 aromatic carbocycles. The van der Waals surface area contributed by atoms with E-state index in [2.05, 4.69) is 0 Å². The summed E-state index contributed by atoms with van der Waals surface area (Å²) in [5, 5.41) is 9.40. The van der Waals surface area contributed by atoms with Crippen LogP contribution in [-0.2, 0) is 6.54 Å². The highest BCUT2D eigenvalue weighted by molar-refractivity contribution is 5.97. The van der Waals surface area contributed by atoms with Crippen molar-refractivity contribution in [2.24, 2.45) is 5.73 Å². The topological polar surface area (TPSA) is 81.8 Å². The van der Waals surface area contributed by atoms with Crippen molar-refractivity contribution < 1.29 is 19.4 Å². The Morgan fingerprint density at radius 1 is 1.10 bits per heavy atom. The van der Waals surface area contributed by atoms with Crippen molar-refractivity contribution >= 4 is 5.97 Å². The molecule has 0 aromatic heterocycles. The predicted octanol–water partition coefficient (Wildman–Crippen LogP) is 2.53. The molecule has 21 heavy (non-hydrogen) atoms. The van der Waals surface area contributed by atoms with Crippen LogP contribution in [0, 0.1) is 0 Å². The van der Waals surface area contributed by atoms with Crippen LogP contribution in [0.15, 0.2) is 36.4 Å². The number of hydrogen-bond donors (Lipinski definition) is 2. The van der Waals surface area contributed by atoms with Crippen molar-refractivity contribution in [2.75, 3.05) is 14.2 Å². The minimum absolute atomic E-state index is 0.196. The first-order chi connectivity index (χ1) is 10.1. The Morgan fingerprint density at radius 2 is 1.81 bits per heavy atom. The number of benzene rings is 2. The number of rotatable bonds is 5. The van der Waals surface area contributed by atoms with Gasteiger partial charge in [-0.2, -0.15) is 0 Å². The van der Waals surface area contributed by atoms with Crippen molar-refractivity contribution in [1.29, 1.82) is 0 Å². The molecule has 110 valence electrons. The summed E-state index contributed by atoms with van der Waals surface area (Å²) in [6.45, 7) is 0.292. The van der Waals surface area contributed by atoms with Crippen LogP contribution in [-0.4, -0.2) is 25.3 Å². The molecule has 3 N–H and O–H groups in total. The van der Waals surface area contributed by atoms with Gasteiger partial charge in [0.25, 0.3) is 0 Å². The molecular weight excluding hydrogens is 270 g/mol. The normalized spacial score (nSPS) is 10.2. The van der Waals surface area contributed by atoms with Gasteiger partial charge in [0.15, 0.2) is 0 Å². The third-order valence-corrected chi connectivity index (χ3v) is 3.25. The van der Waals surface area contributed by atoms with E-state index >= 15 is 0 Å². The maximum Gasteiger partial charge on any atom is 0.336 e. The molecule has 0 spiro atoms. The van der Waals surface area contributed by atoms with Crippen molar-refractivity contribution in [2.45, 2.75) is 6.54 Å². The van der Waals surface area contributed by atoms with Crippen LogP contribution in [0.5, 0.6) is 11.5 Å². The smallest absolute Gasteiger partial charge is 0.336 e. The van der Waals surface area contributed by atoms with Gasteiger partial charge in [-0.1, -0.05) is 12.1 Å². The summed E-state index contributed by atoms with van der Waals surface area (Å²) in [6, 6.07) is 10.4. The van der Waals surface area contributed by atoms with Gasteiger partial charge < -0.3 is 20.3 Å². The van der Waals surface area contributed by atoms with E-state index in [9.17, 15) is 9.90 Å². The molecule has 5 heteroatoms. The van der Waals surface area contributed by atoms with Crippen molar-refractivity contribution in [3.05, 3.63) is 47.5 Å². The highest BCUT2D eigenvalue weighted by atomic mass is 16.5. The van der Waals surface area contributed by atoms with Crippen LogP contribution < -0.4 is 15.2 Å². The van der Waals surface area contributed by atoms with Crippen LogP contribution in [0.3, 0.4) is 0 Å². The zero-order chi connectivity index (χ0) is 15.4. The van der Waals surface area contributed by atoms with Gasteiger partial charge >= 0.3 is 5.97 Å². The van der Waals surface area contributed by atoms with E-state index in [0.717, 1.165) is 5.56 Å². The minimum atomic E-state index is -1.00. The van der Waals surface area contributed by atoms with Gasteiger partial charge in [-0.15, -0.1) is 0 Å². The van der Waals surface area contributed by atoms with Gasteiger partial charge in [0.2, 0.25) is 0 Å². The van der Waals surface area contributed by atoms with Gasteiger partial charge in [-0.05, 0) is 29.3 Å². The molecule has 2 aromatic rings. The molecule has 0 aliphatic rings. The lowest BCUT2D eigenvalue weighted by Crippen LogP contribution is -2.04. The summed E-state index contributed by atoms with van der Waals surface area (Å²) in [6.07, 6.45) is 0. The molecule has 0 saturated heterocycles. The second-order valence-electron chi connectivity index (χ2n) is 4.46. The second kappa shape index (κ2) is 6.28. The van der Waals surface area contributed by atoms with Crippen LogP contribution in [0.4, 0.5) is 0 Å². The Bertz CT molecular complexity index is 667. The Hall–Kier alpha value is -2.53. The fraction of sp³-hybridized carbons (Fsp3) is 0.188. The number of hydrogen-bond acceptors (Lipinski definition) is 4. The van der Waals surface area contributed by atoms with Crippen LogP contribution >= 0.6 is 0 Å². The summed E-state index contributed by atoms with van der Waals surface area (Å²) < 4.78 is 10.5. The molecule has 0 atom stereocenters. The summed E-state index contributed by atoms with van der Waals surface area (Å²) in [5.74, 6) is 0.196. The monoisotopic (exact) mass is 287 g/mol. The van der Waals surface area contributed by atoms with E-state index < -0.39 is 5.97 Å². The van der Waals surface area contributed by atoms with Crippen molar-refractivity contribution in [3.63, 3.8) is 0 Å². The van der Waals surface area contributed by atoms with Crippen LogP contribution in [0.25, 0.3) is 11.1 Å². The largest absolute Gasteiger partial charge is 0.497 e. The highest BCUT2D eigenvalue weighted by Crippen LogP contribution is 2.35. The number of aromatic carboxylic acids is 1. The number of carbonyl (C=O) groups is 1. The van der Waals surface area contributed by atoms with E-state index in [1.54, 1.807) is 37.4 Å². The maximum absolute atomic E-state index is 11.5. The van der Waals surface area contributed by atoms with Gasteiger partial charge in [0.05, 0.1) is 19.8 Å². The average Bonchev–Trinajstić information content (AvgIpc) is 2.53. The Morgan fingerprint density at radius 3 is 2.38 bits per heavy atom. The lowest BCUT2D eigenvalue weighted by atomic mass is 9.96. The molecular formula is C16H17NO4. The molecule has 0 heterocycles. The predicted molar refractivity (Wildman–Crippen MR) is 79.8 cm³/mol. The summed E-state index contributed by atoms with van der Waals surface area (Å²) >= 11 is 0. The first-order valence-corrected chi connectivity index (χ1v) is 6.39. The van der Waals surface area contributed by atoms with E-state index in [4.69, 9.17) is 15.2 Å². The van der Waals surface area contributed by atoms with Crippen LogP contribution in [0.1, 0.15) is 15.9 Å². The fourth-order valence-corrected chi connectivity index (χ4v) is 2.15. The molecule has 0 radical (unpaired) electrons. The van der Waals surface area contributed by atoms with Crippen molar-refractivity contribution in [1.82, 2.24) is 0 Å². The van der Waals surface area contributed by atoms with Gasteiger partial charge in [-0.25, -0.2) is 4.79 Å². The number of carboxylic acid groups (broad SMARTS) is 1. The summed E-state index contributed by atoms with van der Waals surface area (Å²) in [7, 11) is 3.10. The first-order valence-electron chi connectivity index (χ1n) is 6.39. The third-order valence-electron chi connectivity index (χ3n) is 3.25. The lowest BCUT2D eigenvalue weighted by molar-refractivity contribution is 0.0697. The molecule has 0 aliphatic heterocycles. The van der Waals surface area contributed by atoms with Crippen molar-refractivity contribution in [3.8, 4) is 22.6 Å². The molecule has 0 fully saturated rings. The van der Waals surface area contributed by atoms with E-state index in [-0.39, 0.29) is 5.56 Å². The standard InChI is InChI=1S/C16H17NO4/c1-20-11-4-6-13(15(8-11)21-2)12-5-3-10(9-17)7-14(12)16(18)19/h3-8H,9,17H2,1-2H3,(H,18,19). The zero-order valence-electron chi connectivity index (χ0n) is 11.9. The SMILES string of the molecule is COc1ccc(-c2ccc(CN)cc2C(=O)O)c(OC)c1. The minimum Gasteiger partial charge on any atom is -0.497 e. The van der Waals surface area contributed by atoms with E-state index in [1.807, 2.05) is 6.07 Å². The van der Waals surface area contributed by atoms with E-state index in [0.29, 0.717) is 29.2 Å². The fourth-order valence-electron chi connectivity index (χ4n) is 2.15. The molecule has 0 saturated carbocycles. The lowest BCUT2D eigenvalue weighted by Gasteiger charge is -2.13. The quantitative estimate of drug-likeness (QED) is 0.883. The molecule has 0 bridgehead atoms. The zero-order valence-corrected chi connectivity index (χ0v) is 11.9. The maximum atomic E-state index is 11.5. The third kappa shape index (κ3) is 2.98. The number of methoxy groups -OCH3 is 2. The number of ether oxygens (including phenoxy) is 2.